The number of aliphatic carboxylic acids is 1. The number of aromatic nitrogens is 1. The summed E-state index contributed by atoms with van der Waals surface area (Å²) in [6.45, 7) is 4.89. The SMILES string of the molecule is CCC(C)(NC(=O)c1[nH]c2c(c1C)C(=O)CCC2)C(=O)O. The minimum atomic E-state index is -1.32. The smallest absolute Gasteiger partial charge is 0.329 e. The second-order valence-corrected chi connectivity index (χ2v) is 5.70. The second-order valence-electron chi connectivity index (χ2n) is 5.70. The molecule has 0 saturated heterocycles. The van der Waals surface area contributed by atoms with Crippen LogP contribution in [-0.2, 0) is 11.2 Å². The fraction of sp³-hybridized carbons (Fsp3) is 0.533. The van der Waals surface area contributed by atoms with Crippen molar-refractivity contribution >= 4 is 17.7 Å². The predicted molar refractivity (Wildman–Crippen MR) is 76.6 cm³/mol. The molecule has 1 atom stereocenters. The van der Waals surface area contributed by atoms with Crippen molar-refractivity contribution in [3.8, 4) is 0 Å². The number of aromatic amines is 1. The van der Waals surface area contributed by atoms with Crippen molar-refractivity contribution in [1.29, 1.82) is 0 Å². The average Bonchev–Trinajstić information content (AvgIpc) is 2.77. The summed E-state index contributed by atoms with van der Waals surface area (Å²) >= 11 is 0. The third kappa shape index (κ3) is 2.57. The molecule has 1 heterocycles. The summed E-state index contributed by atoms with van der Waals surface area (Å²) in [5.41, 5.74) is 0.952. The molecule has 1 aliphatic rings. The van der Waals surface area contributed by atoms with Crippen molar-refractivity contribution in [1.82, 2.24) is 10.3 Å². The number of carboxylic acid groups (broad SMARTS) is 1. The number of hydrogen-bond donors (Lipinski definition) is 3. The van der Waals surface area contributed by atoms with Crippen LogP contribution in [-0.4, -0.2) is 33.3 Å². The van der Waals surface area contributed by atoms with Gasteiger partial charge in [0.15, 0.2) is 5.78 Å². The van der Waals surface area contributed by atoms with E-state index in [0.717, 1.165) is 18.5 Å². The maximum Gasteiger partial charge on any atom is 0.329 e. The molecular formula is C15H20N2O4. The van der Waals surface area contributed by atoms with E-state index >= 15 is 0 Å². The Hall–Kier alpha value is -2.11. The summed E-state index contributed by atoms with van der Waals surface area (Å²) in [6, 6.07) is 0. The van der Waals surface area contributed by atoms with Gasteiger partial charge in [-0.25, -0.2) is 4.79 Å². The Morgan fingerprint density at radius 2 is 2.05 bits per heavy atom. The Balaban J connectivity index is 2.33. The lowest BCUT2D eigenvalue weighted by Gasteiger charge is -2.24. The first-order chi connectivity index (χ1) is 9.80. The second kappa shape index (κ2) is 5.35. The molecule has 0 radical (unpaired) electrons. The van der Waals surface area contributed by atoms with Gasteiger partial charge in [-0.1, -0.05) is 6.92 Å². The van der Waals surface area contributed by atoms with E-state index in [2.05, 4.69) is 10.3 Å². The molecule has 6 heteroatoms. The van der Waals surface area contributed by atoms with Gasteiger partial charge >= 0.3 is 5.97 Å². The summed E-state index contributed by atoms with van der Waals surface area (Å²) in [6.07, 6.45) is 2.27. The number of H-pyrrole nitrogens is 1. The number of hydrogen-bond acceptors (Lipinski definition) is 3. The van der Waals surface area contributed by atoms with Crippen LogP contribution >= 0.6 is 0 Å². The molecule has 0 spiro atoms. The van der Waals surface area contributed by atoms with Gasteiger partial charge in [-0.2, -0.15) is 0 Å². The van der Waals surface area contributed by atoms with Gasteiger partial charge in [0.2, 0.25) is 0 Å². The molecule has 0 aliphatic heterocycles. The molecular weight excluding hydrogens is 272 g/mol. The lowest BCUT2D eigenvalue weighted by atomic mass is 9.93. The van der Waals surface area contributed by atoms with Gasteiger partial charge in [-0.3, -0.25) is 9.59 Å². The fourth-order valence-corrected chi connectivity index (χ4v) is 2.61. The van der Waals surface area contributed by atoms with Crippen molar-refractivity contribution in [2.24, 2.45) is 0 Å². The molecule has 0 bridgehead atoms. The van der Waals surface area contributed by atoms with E-state index in [1.54, 1.807) is 13.8 Å². The van der Waals surface area contributed by atoms with Crippen LogP contribution in [0.15, 0.2) is 0 Å². The van der Waals surface area contributed by atoms with E-state index in [9.17, 15) is 19.5 Å². The molecule has 1 aromatic heterocycles. The zero-order chi connectivity index (χ0) is 15.8. The minimum absolute atomic E-state index is 0.0422. The molecule has 0 aromatic carbocycles. The Morgan fingerprint density at radius 1 is 1.38 bits per heavy atom. The van der Waals surface area contributed by atoms with Crippen molar-refractivity contribution in [3.63, 3.8) is 0 Å². The summed E-state index contributed by atoms with van der Waals surface area (Å²) in [7, 11) is 0. The first-order valence-corrected chi connectivity index (χ1v) is 7.10. The highest BCUT2D eigenvalue weighted by Gasteiger charge is 2.35. The lowest BCUT2D eigenvalue weighted by molar-refractivity contribution is -0.143. The Labute approximate surface area is 122 Å². The van der Waals surface area contributed by atoms with Crippen LogP contribution in [0.2, 0.25) is 0 Å². The van der Waals surface area contributed by atoms with Gasteiger partial charge in [-0.15, -0.1) is 0 Å². The van der Waals surface area contributed by atoms with Crippen LogP contribution in [0, 0.1) is 6.92 Å². The van der Waals surface area contributed by atoms with Crippen molar-refractivity contribution in [3.05, 3.63) is 22.5 Å². The van der Waals surface area contributed by atoms with Crippen molar-refractivity contribution < 1.29 is 19.5 Å². The Morgan fingerprint density at radius 3 is 2.57 bits per heavy atom. The highest BCUT2D eigenvalue weighted by molar-refractivity contribution is 6.05. The molecule has 1 aliphatic carbocycles. The maximum atomic E-state index is 12.4. The summed E-state index contributed by atoms with van der Waals surface area (Å²) in [4.78, 5) is 38.6. The number of nitrogens with one attached hydrogen (secondary N) is 2. The number of carboxylic acids is 1. The molecule has 114 valence electrons. The van der Waals surface area contributed by atoms with Gasteiger partial charge in [0, 0.05) is 17.7 Å². The van der Waals surface area contributed by atoms with Gasteiger partial charge in [0.05, 0.1) is 0 Å². The van der Waals surface area contributed by atoms with E-state index in [0.29, 0.717) is 17.5 Å². The van der Waals surface area contributed by atoms with Gasteiger partial charge in [0.25, 0.3) is 5.91 Å². The summed E-state index contributed by atoms with van der Waals surface area (Å²) in [5.74, 6) is -1.52. The normalized spacial score (nSPS) is 17.0. The molecule has 1 unspecified atom stereocenters. The average molecular weight is 292 g/mol. The molecule has 1 aromatic rings. The van der Waals surface area contributed by atoms with E-state index < -0.39 is 17.4 Å². The minimum Gasteiger partial charge on any atom is -0.480 e. The van der Waals surface area contributed by atoms with Crippen molar-refractivity contribution in [2.45, 2.75) is 52.0 Å². The quantitative estimate of drug-likeness (QED) is 0.788. The number of fused-ring (bicyclic) bond motifs is 1. The first-order valence-electron chi connectivity index (χ1n) is 7.10. The molecule has 0 saturated carbocycles. The highest BCUT2D eigenvalue weighted by atomic mass is 16.4. The largest absolute Gasteiger partial charge is 0.480 e. The van der Waals surface area contributed by atoms with Crippen LogP contribution in [0.25, 0.3) is 0 Å². The van der Waals surface area contributed by atoms with Crippen LogP contribution in [0.3, 0.4) is 0 Å². The number of carbonyl (C=O) groups excluding carboxylic acids is 2. The lowest BCUT2D eigenvalue weighted by Crippen LogP contribution is -2.51. The monoisotopic (exact) mass is 292 g/mol. The Kier molecular flexibility index (Phi) is 3.89. The number of Topliss-reactive ketones (excluding diaryl/α,β-unsaturated/α-hetero) is 1. The molecule has 3 N–H and O–H groups in total. The standard InChI is InChI=1S/C15H20N2O4/c1-4-15(3,14(20)21)17-13(19)12-8(2)11-9(16-12)6-5-7-10(11)18/h16H,4-7H2,1-3H3,(H,17,19)(H,20,21). The number of carbonyl (C=O) groups is 3. The van der Waals surface area contributed by atoms with Crippen LogP contribution in [0.1, 0.15) is 65.2 Å². The number of aryl methyl sites for hydroxylation is 1. The van der Waals surface area contributed by atoms with Gasteiger partial charge in [-0.05, 0) is 38.7 Å². The van der Waals surface area contributed by atoms with Gasteiger partial charge < -0.3 is 15.4 Å². The van der Waals surface area contributed by atoms with Gasteiger partial charge in [0.1, 0.15) is 11.2 Å². The number of rotatable bonds is 4. The van der Waals surface area contributed by atoms with Crippen LogP contribution in [0.5, 0.6) is 0 Å². The first kappa shape index (κ1) is 15.3. The summed E-state index contributed by atoms with van der Waals surface area (Å²) in [5, 5.41) is 11.8. The zero-order valence-corrected chi connectivity index (χ0v) is 12.5. The van der Waals surface area contributed by atoms with Crippen LogP contribution < -0.4 is 5.32 Å². The highest BCUT2D eigenvalue weighted by Crippen LogP contribution is 2.26. The van der Waals surface area contributed by atoms with E-state index in [1.807, 2.05) is 0 Å². The third-order valence-electron chi connectivity index (χ3n) is 4.23. The number of ketones is 1. The molecule has 2 rings (SSSR count). The molecule has 1 amide bonds. The molecule has 21 heavy (non-hydrogen) atoms. The van der Waals surface area contributed by atoms with E-state index in [1.165, 1.54) is 6.92 Å². The Bertz CT molecular complexity index is 617. The van der Waals surface area contributed by atoms with E-state index in [-0.39, 0.29) is 17.9 Å². The maximum absolute atomic E-state index is 12.4. The predicted octanol–water partition coefficient (Wildman–Crippen LogP) is 1.83. The topological polar surface area (TPSA) is 99.3 Å². The van der Waals surface area contributed by atoms with Crippen LogP contribution in [0.4, 0.5) is 0 Å². The fourth-order valence-electron chi connectivity index (χ4n) is 2.61. The van der Waals surface area contributed by atoms with Crippen molar-refractivity contribution in [2.75, 3.05) is 0 Å². The third-order valence-corrected chi connectivity index (χ3v) is 4.23. The molecule has 0 fully saturated rings. The number of amides is 1. The molecule has 6 nitrogen and oxygen atoms in total. The summed E-state index contributed by atoms with van der Waals surface area (Å²) < 4.78 is 0. The zero-order valence-electron chi connectivity index (χ0n) is 12.5. The van der Waals surface area contributed by atoms with E-state index in [4.69, 9.17) is 0 Å².